The van der Waals surface area contributed by atoms with E-state index >= 15 is 0 Å². The van der Waals surface area contributed by atoms with Crippen LogP contribution in [0.25, 0.3) is 0 Å². The standard InChI is InChI=1S/C28H30N2O4/c1-3-20-14-16-21(17-15-20)26(27(32)29-22-9-4-5-10-22)30(28(33)25-13-8-18-34-25)24-12-7-6-11-23(24)19(2)31/h6-8,11-18,22,26H,3-5,9-10H2,1-2H3,(H,29,32)/t26-/m1/s1. The minimum atomic E-state index is -0.968. The van der Waals surface area contributed by atoms with Gasteiger partial charge in [0, 0.05) is 11.6 Å². The van der Waals surface area contributed by atoms with Gasteiger partial charge in [0.1, 0.15) is 6.04 Å². The molecule has 0 saturated heterocycles. The maximum atomic E-state index is 13.8. The lowest BCUT2D eigenvalue weighted by Gasteiger charge is -2.33. The molecule has 0 unspecified atom stereocenters. The number of nitrogens with one attached hydrogen (secondary N) is 1. The molecule has 1 fully saturated rings. The van der Waals surface area contributed by atoms with E-state index in [1.165, 1.54) is 18.1 Å². The summed E-state index contributed by atoms with van der Waals surface area (Å²) in [6.45, 7) is 3.52. The molecule has 1 saturated carbocycles. The van der Waals surface area contributed by atoms with Crippen LogP contribution in [0.4, 0.5) is 5.69 Å². The van der Waals surface area contributed by atoms with Gasteiger partial charge in [0.15, 0.2) is 11.5 Å². The lowest BCUT2D eigenvalue weighted by molar-refractivity contribution is -0.123. The number of aryl methyl sites for hydroxylation is 1. The first kappa shape index (κ1) is 23.5. The Morgan fingerprint density at radius 1 is 1.00 bits per heavy atom. The second-order valence-electron chi connectivity index (χ2n) is 8.71. The zero-order valence-electron chi connectivity index (χ0n) is 19.6. The second kappa shape index (κ2) is 10.5. The summed E-state index contributed by atoms with van der Waals surface area (Å²) in [5, 5.41) is 3.16. The van der Waals surface area contributed by atoms with Crippen molar-refractivity contribution in [1.29, 1.82) is 0 Å². The van der Waals surface area contributed by atoms with Crippen LogP contribution in [0.5, 0.6) is 0 Å². The molecule has 0 radical (unpaired) electrons. The Kier molecular flexibility index (Phi) is 7.26. The minimum Gasteiger partial charge on any atom is -0.459 e. The number of furan rings is 1. The predicted octanol–water partition coefficient (Wildman–Crippen LogP) is 5.49. The van der Waals surface area contributed by atoms with Crippen molar-refractivity contribution in [3.8, 4) is 0 Å². The summed E-state index contributed by atoms with van der Waals surface area (Å²) in [7, 11) is 0. The van der Waals surface area contributed by atoms with Crippen molar-refractivity contribution in [3.63, 3.8) is 0 Å². The predicted molar refractivity (Wildman–Crippen MR) is 131 cm³/mol. The molecular weight excluding hydrogens is 428 g/mol. The van der Waals surface area contributed by atoms with Crippen LogP contribution in [0.1, 0.15) is 77.6 Å². The summed E-state index contributed by atoms with van der Waals surface area (Å²) in [5.74, 6) is -0.842. The van der Waals surface area contributed by atoms with Gasteiger partial charge in [-0.2, -0.15) is 0 Å². The summed E-state index contributed by atoms with van der Waals surface area (Å²) in [5.41, 5.74) is 2.55. The Hall–Kier alpha value is -3.67. The Labute approximate surface area is 200 Å². The van der Waals surface area contributed by atoms with Crippen molar-refractivity contribution in [1.82, 2.24) is 5.32 Å². The fourth-order valence-corrected chi connectivity index (χ4v) is 4.57. The number of nitrogens with zero attached hydrogens (tertiary/aromatic N) is 1. The number of rotatable bonds is 8. The van der Waals surface area contributed by atoms with Crippen molar-refractivity contribution in [3.05, 3.63) is 89.4 Å². The number of para-hydroxylation sites is 1. The molecule has 176 valence electrons. The maximum Gasteiger partial charge on any atom is 0.294 e. The molecule has 6 nitrogen and oxygen atoms in total. The van der Waals surface area contributed by atoms with E-state index in [0.29, 0.717) is 16.8 Å². The summed E-state index contributed by atoms with van der Waals surface area (Å²) in [4.78, 5) is 41.5. The molecule has 1 aromatic heterocycles. The van der Waals surface area contributed by atoms with Gasteiger partial charge in [-0.3, -0.25) is 19.3 Å². The average molecular weight is 459 g/mol. The Bertz CT molecular complexity index is 1150. The Balaban J connectivity index is 1.86. The molecule has 1 atom stereocenters. The zero-order valence-corrected chi connectivity index (χ0v) is 19.6. The highest BCUT2D eigenvalue weighted by molar-refractivity contribution is 6.12. The van der Waals surface area contributed by atoms with Gasteiger partial charge in [0.25, 0.3) is 5.91 Å². The van der Waals surface area contributed by atoms with E-state index in [1.54, 1.807) is 36.4 Å². The second-order valence-corrected chi connectivity index (χ2v) is 8.71. The fraction of sp³-hybridized carbons (Fsp3) is 0.321. The number of amides is 2. The van der Waals surface area contributed by atoms with Gasteiger partial charge in [-0.05, 0) is 61.6 Å². The van der Waals surface area contributed by atoms with E-state index in [-0.39, 0.29) is 23.5 Å². The molecule has 0 bridgehead atoms. The van der Waals surface area contributed by atoms with Gasteiger partial charge in [-0.1, -0.05) is 56.2 Å². The van der Waals surface area contributed by atoms with Gasteiger partial charge in [-0.25, -0.2) is 0 Å². The van der Waals surface area contributed by atoms with Crippen LogP contribution in [0.15, 0.2) is 71.3 Å². The number of ketones is 1. The lowest BCUT2D eigenvalue weighted by Crippen LogP contribution is -2.46. The minimum absolute atomic E-state index is 0.0773. The molecule has 1 N–H and O–H groups in total. The third-order valence-electron chi connectivity index (χ3n) is 6.41. The number of carbonyl (C=O) groups excluding carboxylic acids is 3. The van der Waals surface area contributed by atoms with Crippen LogP contribution < -0.4 is 10.2 Å². The van der Waals surface area contributed by atoms with E-state index < -0.39 is 11.9 Å². The molecule has 0 aliphatic heterocycles. The molecule has 4 rings (SSSR count). The SMILES string of the molecule is CCc1ccc([C@H](C(=O)NC2CCCC2)N(C(=O)c2ccco2)c2ccccc2C(C)=O)cc1. The van der Waals surface area contributed by atoms with E-state index in [4.69, 9.17) is 4.42 Å². The van der Waals surface area contributed by atoms with Gasteiger partial charge < -0.3 is 9.73 Å². The number of carbonyl (C=O) groups is 3. The van der Waals surface area contributed by atoms with Gasteiger partial charge >= 0.3 is 0 Å². The smallest absolute Gasteiger partial charge is 0.294 e. The summed E-state index contributed by atoms with van der Waals surface area (Å²) < 4.78 is 5.43. The highest BCUT2D eigenvalue weighted by Gasteiger charge is 2.37. The van der Waals surface area contributed by atoms with Crippen LogP contribution in [0.3, 0.4) is 0 Å². The first-order valence-electron chi connectivity index (χ1n) is 11.9. The Morgan fingerprint density at radius 3 is 2.32 bits per heavy atom. The summed E-state index contributed by atoms with van der Waals surface area (Å²) in [6, 6.07) is 16.9. The molecular formula is C28H30N2O4. The summed E-state index contributed by atoms with van der Waals surface area (Å²) in [6.07, 6.45) is 6.27. The average Bonchev–Trinajstić information content (AvgIpc) is 3.57. The highest BCUT2D eigenvalue weighted by atomic mass is 16.3. The maximum absolute atomic E-state index is 13.8. The largest absolute Gasteiger partial charge is 0.459 e. The quantitative estimate of drug-likeness (QED) is 0.453. The van der Waals surface area contributed by atoms with E-state index in [0.717, 1.165) is 37.7 Å². The molecule has 2 aromatic carbocycles. The monoisotopic (exact) mass is 458 g/mol. The van der Waals surface area contributed by atoms with Crippen molar-refractivity contribution in [2.45, 2.75) is 58.0 Å². The van der Waals surface area contributed by atoms with Crippen molar-refractivity contribution < 1.29 is 18.8 Å². The molecule has 1 aliphatic rings. The topological polar surface area (TPSA) is 79.6 Å². The molecule has 2 amide bonds. The van der Waals surface area contributed by atoms with Crippen molar-refractivity contribution in [2.24, 2.45) is 0 Å². The van der Waals surface area contributed by atoms with Crippen LogP contribution in [-0.4, -0.2) is 23.6 Å². The molecule has 1 heterocycles. The highest BCUT2D eigenvalue weighted by Crippen LogP contribution is 2.33. The first-order chi connectivity index (χ1) is 16.5. The molecule has 34 heavy (non-hydrogen) atoms. The number of hydrogen-bond acceptors (Lipinski definition) is 4. The van der Waals surface area contributed by atoms with Gasteiger partial charge in [-0.15, -0.1) is 0 Å². The molecule has 6 heteroatoms. The first-order valence-corrected chi connectivity index (χ1v) is 11.9. The zero-order chi connectivity index (χ0) is 24.1. The van der Waals surface area contributed by atoms with Crippen LogP contribution >= 0.6 is 0 Å². The lowest BCUT2D eigenvalue weighted by atomic mass is 9.98. The van der Waals surface area contributed by atoms with E-state index in [1.807, 2.05) is 24.3 Å². The normalized spacial score (nSPS) is 14.5. The number of Topliss-reactive ketones (excluding diaryl/α,β-unsaturated/α-hetero) is 1. The number of benzene rings is 2. The third kappa shape index (κ3) is 4.96. The molecule has 0 spiro atoms. The fourth-order valence-electron chi connectivity index (χ4n) is 4.57. The van der Waals surface area contributed by atoms with E-state index in [2.05, 4.69) is 12.2 Å². The third-order valence-corrected chi connectivity index (χ3v) is 6.41. The molecule has 3 aromatic rings. The molecule has 1 aliphatic carbocycles. The van der Waals surface area contributed by atoms with Crippen molar-refractivity contribution >= 4 is 23.3 Å². The van der Waals surface area contributed by atoms with Crippen molar-refractivity contribution in [2.75, 3.05) is 4.90 Å². The Morgan fingerprint density at radius 2 is 1.71 bits per heavy atom. The van der Waals surface area contributed by atoms with Gasteiger partial charge in [0.05, 0.1) is 12.0 Å². The number of anilines is 1. The van der Waals surface area contributed by atoms with Crippen LogP contribution in [0, 0.1) is 0 Å². The van der Waals surface area contributed by atoms with Gasteiger partial charge in [0.2, 0.25) is 5.91 Å². The van der Waals surface area contributed by atoms with Crippen LogP contribution in [-0.2, 0) is 11.2 Å². The number of hydrogen-bond donors (Lipinski definition) is 1. The van der Waals surface area contributed by atoms with Crippen LogP contribution in [0.2, 0.25) is 0 Å². The summed E-state index contributed by atoms with van der Waals surface area (Å²) >= 11 is 0. The van der Waals surface area contributed by atoms with E-state index in [9.17, 15) is 14.4 Å².